The van der Waals surface area contributed by atoms with E-state index in [-0.39, 0.29) is 11.9 Å². The normalized spacial score (nSPS) is 10.6. The summed E-state index contributed by atoms with van der Waals surface area (Å²) in [4.78, 5) is 13.5. The molecule has 1 aromatic heterocycles. The Bertz CT molecular complexity index is 611. The molecule has 1 N–H and O–H groups in total. The first-order valence-electron chi connectivity index (χ1n) is 6.45. The second-order valence-corrected chi connectivity index (χ2v) is 4.91. The van der Waals surface area contributed by atoms with Gasteiger partial charge in [0.25, 0.3) is 11.9 Å². The van der Waals surface area contributed by atoms with E-state index in [1.807, 2.05) is 13.0 Å². The van der Waals surface area contributed by atoms with Crippen LogP contribution in [0.25, 0.3) is 0 Å². The van der Waals surface area contributed by atoms with E-state index in [4.69, 9.17) is 11.6 Å². The lowest BCUT2D eigenvalue weighted by molar-refractivity contribution is 0.102. The summed E-state index contributed by atoms with van der Waals surface area (Å²) in [5, 5.41) is 14.7. The zero-order valence-corrected chi connectivity index (χ0v) is 12.2. The molecule has 0 aliphatic carbocycles. The number of hydrogen-bond acceptors (Lipinski definition) is 4. The molecule has 0 atom stereocenters. The van der Waals surface area contributed by atoms with Crippen molar-refractivity contribution in [1.82, 2.24) is 20.2 Å². The molecule has 0 unspecified atom stereocenters. The number of hydrogen-bond donors (Lipinski definition) is 1. The molecular formula is C13H16ClN5O. The minimum atomic E-state index is -0.343. The lowest BCUT2D eigenvalue weighted by Gasteiger charge is -2.04. The molecule has 0 saturated heterocycles. The van der Waals surface area contributed by atoms with Gasteiger partial charge in [-0.15, -0.1) is 5.10 Å². The quantitative estimate of drug-likeness (QED) is 0.920. The molecule has 1 amide bonds. The Balaban J connectivity index is 2.05. The third kappa shape index (κ3) is 3.54. The number of tetrazole rings is 1. The molecule has 2 aromatic rings. The number of nitrogens with zero attached hydrogens (tertiary/aromatic N) is 4. The van der Waals surface area contributed by atoms with Crippen LogP contribution in [0.4, 0.5) is 5.95 Å². The van der Waals surface area contributed by atoms with Gasteiger partial charge in [-0.05, 0) is 36.3 Å². The van der Waals surface area contributed by atoms with E-state index in [1.54, 1.807) is 12.1 Å². The van der Waals surface area contributed by atoms with Crippen molar-refractivity contribution >= 4 is 23.5 Å². The van der Waals surface area contributed by atoms with E-state index < -0.39 is 0 Å². The van der Waals surface area contributed by atoms with Crippen molar-refractivity contribution in [2.24, 2.45) is 0 Å². The van der Waals surface area contributed by atoms with Gasteiger partial charge >= 0.3 is 0 Å². The maximum absolute atomic E-state index is 12.1. The molecule has 6 nitrogen and oxygen atoms in total. The molecule has 0 spiro atoms. The van der Waals surface area contributed by atoms with Gasteiger partial charge in [-0.3, -0.25) is 10.1 Å². The number of rotatable bonds is 5. The number of carbonyl (C=O) groups is 1. The highest BCUT2D eigenvalue weighted by molar-refractivity contribution is 6.34. The number of unbranched alkanes of at least 4 members (excludes halogenated alkanes) is 1. The second-order valence-electron chi connectivity index (χ2n) is 4.50. The molecule has 1 heterocycles. The molecule has 2 rings (SSSR count). The number of benzene rings is 1. The van der Waals surface area contributed by atoms with E-state index in [0.717, 1.165) is 18.4 Å². The van der Waals surface area contributed by atoms with Crippen LogP contribution in [0.5, 0.6) is 0 Å². The molecule has 20 heavy (non-hydrogen) atoms. The highest BCUT2D eigenvalue weighted by Crippen LogP contribution is 2.18. The zero-order valence-electron chi connectivity index (χ0n) is 11.4. The van der Waals surface area contributed by atoms with Gasteiger partial charge in [-0.2, -0.15) is 4.80 Å². The average molecular weight is 294 g/mol. The van der Waals surface area contributed by atoms with E-state index in [1.165, 1.54) is 4.80 Å². The highest BCUT2D eigenvalue weighted by atomic mass is 35.5. The third-order valence-electron chi connectivity index (χ3n) is 2.76. The van der Waals surface area contributed by atoms with Crippen molar-refractivity contribution in [3.8, 4) is 0 Å². The number of carbonyl (C=O) groups excluding carboxylic acids is 1. The Morgan fingerprint density at radius 3 is 2.95 bits per heavy atom. The lowest BCUT2D eigenvalue weighted by Crippen LogP contribution is -2.14. The van der Waals surface area contributed by atoms with Crippen LogP contribution in [-0.4, -0.2) is 26.1 Å². The van der Waals surface area contributed by atoms with Crippen LogP contribution in [0.15, 0.2) is 18.2 Å². The fraction of sp³-hybridized carbons (Fsp3) is 0.385. The van der Waals surface area contributed by atoms with Crippen LogP contribution < -0.4 is 5.32 Å². The largest absolute Gasteiger partial charge is 0.288 e. The molecule has 1 aromatic carbocycles. The molecule has 0 saturated carbocycles. The fourth-order valence-corrected chi connectivity index (χ4v) is 1.98. The molecule has 0 aliphatic rings. The summed E-state index contributed by atoms with van der Waals surface area (Å²) < 4.78 is 0. The summed E-state index contributed by atoms with van der Waals surface area (Å²) in [6, 6.07) is 5.24. The van der Waals surface area contributed by atoms with Crippen molar-refractivity contribution in [3.05, 3.63) is 34.3 Å². The Kier molecular flexibility index (Phi) is 4.68. The number of nitrogens with one attached hydrogen (secondary N) is 1. The molecular weight excluding hydrogens is 278 g/mol. The van der Waals surface area contributed by atoms with E-state index in [2.05, 4.69) is 27.7 Å². The monoisotopic (exact) mass is 293 g/mol. The average Bonchev–Trinajstić information content (AvgIpc) is 2.83. The smallest absolute Gasteiger partial charge is 0.270 e. The summed E-state index contributed by atoms with van der Waals surface area (Å²) >= 11 is 6.04. The zero-order chi connectivity index (χ0) is 14.5. The predicted molar refractivity (Wildman–Crippen MR) is 76.9 cm³/mol. The van der Waals surface area contributed by atoms with Crippen molar-refractivity contribution in [3.63, 3.8) is 0 Å². The van der Waals surface area contributed by atoms with Crippen molar-refractivity contribution in [2.75, 3.05) is 5.32 Å². The minimum Gasteiger partial charge on any atom is -0.288 e. The van der Waals surface area contributed by atoms with Gasteiger partial charge < -0.3 is 0 Å². The first kappa shape index (κ1) is 14.5. The van der Waals surface area contributed by atoms with Gasteiger partial charge in [0, 0.05) is 0 Å². The molecule has 7 heteroatoms. The van der Waals surface area contributed by atoms with E-state index >= 15 is 0 Å². The van der Waals surface area contributed by atoms with Gasteiger partial charge in [-0.25, -0.2) is 0 Å². The highest BCUT2D eigenvalue weighted by Gasteiger charge is 2.13. The van der Waals surface area contributed by atoms with Crippen LogP contribution in [0, 0.1) is 6.92 Å². The maximum atomic E-state index is 12.1. The SMILES string of the molecule is CCCCn1nnc(NC(=O)c2ccc(C)cc2Cl)n1. The van der Waals surface area contributed by atoms with Gasteiger partial charge in [0.05, 0.1) is 17.1 Å². The van der Waals surface area contributed by atoms with Crippen molar-refractivity contribution in [1.29, 1.82) is 0 Å². The molecule has 106 valence electrons. The van der Waals surface area contributed by atoms with Gasteiger partial charge in [0.2, 0.25) is 0 Å². The Morgan fingerprint density at radius 2 is 2.25 bits per heavy atom. The van der Waals surface area contributed by atoms with Gasteiger partial charge in [0.15, 0.2) is 0 Å². The topological polar surface area (TPSA) is 72.7 Å². The summed E-state index contributed by atoms with van der Waals surface area (Å²) in [6.45, 7) is 4.68. The third-order valence-corrected chi connectivity index (χ3v) is 3.07. The molecule has 0 bridgehead atoms. The lowest BCUT2D eigenvalue weighted by atomic mass is 10.1. The molecule has 0 fully saturated rings. The number of amides is 1. The Morgan fingerprint density at radius 1 is 1.45 bits per heavy atom. The predicted octanol–water partition coefficient (Wildman–Crippen LogP) is 2.69. The standard InChI is InChI=1S/C13H16ClN5O/c1-3-4-7-19-17-13(16-18-19)15-12(20)10-6-5-9(2)8-11(10)14/h5-6,8H,3-4,7H2,1-2H3,(H,15,17,20). The number of halogens is 1. The Labute approximate surface area is 122 Å². The second kappa shape index (κ2) is 6.47. The number of aryl methyl sites for hydroxylation is 2. The van der Waals surface area contributed by atoms with Crippen LogP contribution >= 0.6 is 11.6 Å². The first-order chi connectivity index (χ1) is 9.60. The maximum Gasteiger partial charge on any atom is 0.270 e. The summed E-state index contributed by atoms with van der Waals surface area (Å²) in [5.74, 6) is -0.159. The Hall–Kier alpha value is -1.95. The summed E-state index contributed by atoms with van der Waals surface area (Å²) in [7, 11) is 0. The van der Waals surface area contributed by atoms with E-state index in [0.29, 0.717) is 17.1 Å². The number of aromatic nitrogens is 4. The van der Waals surface area contributed by atoms with Crippen molar-refractivity contribution < 1.29 is 4.79 Å². The molecule has 0 radical (unpaired) electrons. The molecule has 0 aliphatic heterocycles. The van der Waals surface area contributed by atoms with Gasteiger partial charge in [-0.1, -0.05) is 36.1 Å². The van der Waals surface area contributed by atoms with Crippen LogP contribution in [0.2, 0.25) is 5.02 Å². The minimum absolute atomic E-state index is 0.183. The van der Waals surface area contributed by atoms with Gasteiger partial charge in [0.1, 0.15) is 0 Å². The van der Waals surface area contributed by atoms with Crippen molar-refractivity contribution in [2.45, 2.75) is 33.2 Å². The van der Waals surface area contributed by atoms with Crippen LogP contribution in [-0.2, 0) is 6.54 Å². The summed E-state index contributed by atoms with van der Waals surface area (Å²) in [6.07, 6.45) is 2.01. The number of anilines is 1. The first-order valence-corrected chi connectivity index (χ1v) is 6.83. The fourth-order valence-electron chi connectivity index (χ4n) is 1.66. The van der Waals surface area contributed by atoms with Crippen LogP contribution in [0.1, 0.15) is 35.7 Å². The van der Waals surface area contributed by atoms with Crippen LogP contribution in [0.3, 0.4) is 0 Å². The summed E-state index contributed by atoms with van der Waals surface area (Å²) in [5.41, 5.74) is 1.39. The van der Waals surface area contributed by atoms with E-state index in [9.17, 15) is 4.79 Å².